The van der Waals surface area contributed by atoms with Crippen molar-refractivity contribution in [2.24, 2.45) is 11.8 Å². The van der Waals surface area contributed by atoms with E-state index < -0.39 is 11.2 Å². The number of carbonyl (C=O) groups excluding carboxylic acids is 2. The fourth-order valence-electron chi connectivity index (χ4n) is 3.84. The van der Waals surface area contributed by atoms with Crippen molar-refractivity contribution in [3.63, 3.8) is 0 Å². The van der Waals surface area contributed by atoms with E-state index in [0.717, 1.165) is 0 Å². The van der Waals surface area contributed by atoms with E-state index in [9.17, 15) is 9.59 Å². The minimum atomic E-state index is -0.452. The number of hydrogen-bond donors (Lipinski definition) is 2. The second-order valence-corrected chi connectivity index (χ2v) is 13.1. The number of phenolic OH excluding ortho intramolecular Hbond substituents is 1. The van der Waals surface area contributed by atoms with Crippen molar-refractivity contribution in [1.82, 2.24) is 0 Å². The van der Waals surface area contributed by atoms with Crippen LogP contribution in [-0.4, -0.2) is 45.6 Å². The summed E-state index contributed by atoms with van der Waals surface area (Å²) in [6.07, 6.45) is 2.14. The van der Waals surface area contributed by atoms with Gasteiger partial charge in [0.1, 0.15) is 34.9 Å². The molecule has 2 aliphatic rings. The third kappa shape index (κ3) is 12.3. The lowest BCUT2D eigenvalue weighted by Crippen LogP contribution is -2.41. The van der Waals surface area contributed by atoms with Crippen molar-refractivity contribution < 1.29 is 34.0 Å². The molecule has 0 unspecified atom stereocenters. The molecule has 0 aliphatic heterocycles. The van der Waals surface area contributed by atoms with E-state index in [-0.39, 0.29) is 46.8 Å². The SMILES string of the molecule is CC(C)(C)OC(=O)C1CC(O)C1.N#Cc1ccc(O)cc1Cl.[C-]#[N+]c1ccc(OC2CC(C(=O)OC(C)(C)C)C2)cc1Cl. The van der Waals surface area contributed by atoms with Crippen LogP contribution in [0, 0.1) is 29.7 Å². The predicted molar refractivity (Wildman–Crippen MR) is 163 cm³/mol. The van der Waals surface area contributed by atoms with Gasteiger partial charge in [-0.3, -0.25) is 9.59 Å². The van der Waals surface area contributed by atoms with Gasteiger partial charge in [0.2, 0.25) is 5.69 Å². The Bertz CT molecular complexity index is 1360. The molecular formula is C32H38Cl2N2O7. The van der Waals surface area contributed by atoms with E-state index in [2.05, 4.69) is 4.85 Å². The van der Waals surface area contributed by atoms with Gasteiger partial charge >= 0.3 is 11.9 Å². The predicted octanol–water partition coefficient (Wildman–Crippen LogP) is 7.41. The van der Waals surface area contributed by atoms with Crippen LogP contribution in [0.4, 0.5) is 5.69 Å². The molecule has 2 aliphatic carbocycles. The summed E-state index contributed by atoms with van der Waals surface area (Å²) >= 11 is 11.5. The number of nitriles is 1. The van der Waals surface area contributed by atoms with E-state index in [1.54, 1.807) is 18.2 Å². The zero-order valence-electron chi connectivity index (χ0n) is 25.2. The second kappa shape index (κ2) is 15.3. The third-order valence-electron chi connectivity index (χ3n) is 6.10. The average molecular weight is 634 g/mol. The van der Waals surface area contributed by atoms with Gasteiger partial charge in [0.15, 0.2) is 0 Å². The maximum Gasteiger partial charge on any atom is 0.309 e. The molecule has 0 radical (unpaired) electrons. The molecule has 2 fully saturated rings. The van der Waals surface area contributed by atoms with E-state index in [0.29, 0.717) is 47.7 Å². The number of halogens is 2. The van der Waals surface area contributed by atoms with Crippen LogP contribution >= 0.6 is 23.2 Å². The number of hydrogen-bond acceptors (Lipinski definition) is 8. The number of esters is 2. The highest BCUT2D eigenvalue weighted by Gasteiger charge is 2.39. The summed E-state index contributed by atoms with van der Waals surface area (Å²) in [5.74, 6) is 0.201. The van der Waals surface area contributed by atoms with Crippen molar-refractivity contribution in [3.8, 4) is 17.6 Å². The highest BCUT2D eigenvalue weighted by Crippen LogP contribution is 2.36. The monoisotopic (exact) mass is 632 g/mol. The van der Waals surface area contributed by atoms with Crippen LogP contribution in [0.1, 0.15) is 72.8 Å². The first-order chi connectivity index (χ1) is 19.9. The van der Waals surface area contributed by atoms with E-state index in [1.807, 2.05) is 47.6 Å². The summed E-state index contributed by atoms with van der Waals surface area (Å²) in [7, 11) is 0. The molecule has 2 saturated carbocycles. The van der Waals surface area contributed by atoms with Gasteiger partial charge in [0.05, 0.1) is 40.1 Å². The largest absolute Gasteiger partial charge is 0.508 e. The molecule has 0 aromatic heterocycles. The average Bonchev–Trinajstić information content (AvgIpc) is 2.83. The Kier molecular flexibility index (Phi) is 12.7. The second-order valence-electron chi connectivity index (χ2n) is 12.3. The van der Waals surface area contributed by atoms with Crippen molar-refractivity contribution in [1.29, 1.82) is 5.26 Å². The number of aromatic hydroxyl groups is 1. The first kappa shape index (κ1) is 35.7. The number of ether oxygens (including phenoxy) is 3. The van der Waals surface area contributed by atoms with Crippen molar-refractivity contribution in [2.45, 2.75) is 90.6 Å². The summed E-state index contributed by atoms with van der Waals surface area (Å²) in [5.41, 5.74) is -0.0761. The van der Waals surface area contributed by atoms with Gasteiger partial charge in [-0.15, -0.1) is 0 Å². The normalized spacial score (nSPS) is 20.5. The quantitative estimate of drug-likeness (QED) is 0.263. The number of rotatable bonds is 4. The van der Waals surface area contributed by atoms with E-state index >= 15 is 0 Å². The van der Waals surface area contributed by atoms with Crippen molar-refractivity contribution in [3.05, 3.63) is 63.4 Å². The molecule has 43 heavy (non-hydrogen) atoms. The van der Waals surface area contributed by atoms with Crippen LogP contribution in [-0.2, 0) is 19.1 Å². The van der Waals surface area contributed by atoms with Gasteiger partial charge in [-0.2, -0.15) is 5.26 Å². The molecule has 0 spiro atoms. The lowest BCUT2D eigenvalue weighted by atomic mass is 9.82. The number of benzene rings is 2. The lowest BCUT2D eigenvalue weighted by Gasteiger charge is -2.35. The smallest absolute Gasteiger partial charge is 0.309 e. The number of carbonyl (C=O) groups is 2. The van der Waals surface area contributed by atoms with Crippen LogP contribution in [0.25, 0.3) is 4.85 Å². The maximum absolute atomic E-state index is 11.8. The summed E-state index contributed by atoms with van der Waals surface area (Å²) in [6, 6.07) is 11.1. The van der Waals surface area contributed by atoms with Gasteiger partial charge in [0.25, 0.3) is 0 Å². The highest BCUT2D eigenvalue weighted by atomic mass is 35.5. The molecule has 0 atom stereocenters. The fraction of sp³-hybridized carbons (Fsp3) is 0.500. The summed E-state index contributed by atoms with van der Waals surface area (Å²) < 4.78 is 16.2. The van der Waals surface area contributed by atoms with Crippen molar-refractivity contribution in [2.75, 3.05) is 0 Å². The van der Waals surface area contributed by atoms with Gasteiger partial charge in [-0.25, -0.2) is 4.85 Å². The fourth-order valence-corrected chi connectivity index (χ4v) is 4.27. The lowest BCUT2D eigenvalue weighted by molar-refractivity contribution is -0.167. The Balaban J connectivity index is 0.000000248. The molecule has 2 aromatic rings. The van der Waals surface area contributed by atoms with E-state index in [1.165, 1.54) is 18.2 Å². The molecule has 2 aromatic carbocycles. The van der Waals surface area contributed by atoms with Crippen LogP contribution in [0.3, 0.4) is 0 Å². The number of nitrogens with zero attached hydrogens (tertiary/aromatic N) is 2. The summed E-state index contributed by atoms with van der Waals surface area (Å²) in [4.78, 5) is 26.4. The van der Waals surface area contributed by atoms with Crippen LogP contribution < -0.4 is 4.74 Å². The Hall–Kier alpha value is -3.50. The third-order valence-corrected chi connectivity index (χ3v) is 6.72. The minimum Gasteiger partial charge on any atom is -0.508 e. The summed E-state index contributed by atoms with van der Waals surface area (Å²) in [6.45, 7) is 18.1. The maximum atomic E-state index is 11.8. The van der Waals surface area contributed by atoms with Crippen LogP contribution in [0.2, 0.25) is 10.0 Å². The van der Waals surface area contributed by atoms with Gasteiger partial charge < -0.3 is 24.4 Å². The van der Waals surface area contributed by atoms with Gasteiger partial charge in [0, 0.05) is 0 Å². The van der Waals surface area contributed by atoms with Crippen LogP contribution in [0.15, 0.2) is 36.4 Å². The Morgan fingerprint density at radius 1 is 0.907 bits per heavy atom. The standard InChI is InChI=1S/C16H18ClNO3.C9H16O3.C7H4ClNO/c1-16(2,3)21-15(19)10-7-12(8-10)20-11-5-6-14(18-4)13(17)9-11;1-9(2,3)12-8(11)6-4-7(10)5-6;8-7-3-6(10)2-1-5(7)4-9/h5-6,9-10,12H,7-8H2,1-3H3;6-7,10H,4-5H2,1-3H3;1-3,10H. The zero-order valence-corrected chi connectivity index (χ0v) is 26.7. The first-order valence-corrected chi connectivity index (χ1v) is 14.5. The number of aliphatic hydroxyl groups is 1. The van der Waals surface area contributed by atoms with Gasteiger partial charge in [-0.05, 0) is 97.6 Å². The molecule has 0 bridgehead atoms. The molecule has 0 saturated heterocycles. The highest BCUT2D eigenvalue weighted by molar-refractivity contribution is 6.33. The minimum absolute atomic E-state index is 0.00243. The molecule has 9 nitrogen and oxygen atoms in total. The molecule has 0 amide bonds. The molecule has 2 N–H and O–H groups in total. The Morgan fingerprint density at radius 3 is 1.86 bits per heavy atom. The Morgan fingerprint density at radius 2 is 1.44 bits per heavy atom. The molecule has 4 rings (SSSR count). The zero-order chi connectivity index (χ0) is 32.5. The molecular weight excluding hydrogens is 595 g/mol. The molecule has 232 valence electrons. The van der Waals surface area contributed by atoms with E-state index in [4.69, 9.17) is 59.5 Å². The number of aliphatic hydroxyl groups excluding tert-OH is 1. The van der Waals surface area contributed by atoms with Crippen molar-refractivity contribution >= 4 is 40.8 Å². The molecule has 0 heterocycles. The summed E-state index contributed by atoms with van der Waals surface area (Å²) in [5, 5.41) is 26.9. The Labute approximate surface area is 263 Å². The van der Waals surface area contributed by atoms with Crippen LogP contribution in [0.5, 0.6) is 11.5 Å². The molecule has 11 heteroatoms. The first-order valence-electron chi connectivity index (χ1n) is 13.8. The topological polar surface area (TPSA) is 130 Å². The number of phenols is 1. The van der Waals surface area contributed by atoms with Gasteiger partial charge in [-0.1, -0.05) is 29.3 Å².